The van der Waals surface area contributed by atoms with E-state index >= 15 is 0 Å². The van der Waals surface area contributed by atoms with Gasteiger partial charge < -0.3 is 38.5 Å². The molecule has 6 heterocycles. The third-order valence-corrected chi connectivity index (χ3v) is 13.2. The van der Waals surface area contributed by atoms with Crippen LogP contribution in [0.1, 0.15) is 83.7 Å². The largest absolute Gasteiger partial charge is 0.489 e. The second kappa shape index (κ2) is 20.8. The summed E-state index contributed by atoms with van der Waals surface area (Å²) in [6.45, 7) is 14.1. The molecule has 17 nitrogen and oxygen atoms in total. The molecule has 0 aliphatic carbocycles. The molecule has 21 heteroatoms. The minimum Gasteiger partial charge on any atom is -0.489 e. The maximum Gasteiger partial charge on any atom is 0.408 e. The molecule has 1 aromatic carbocycles. The lowest BCUT2D eigenvalue weighted by molar-refractivity contribution is -0.150. The van der Waals surface area contributed by atoms with Crippen LogP contribution < -0.4 is 20.4 Å². The number of carbonyl (C=O) groups is 4. The monoisotopic (exact) mass is 984 g/mol. The van der Waals surface area contributed by atoms with Crippen LogP contribution in [0.5, 0.6) is 5.75 Å². The maximum absolute atomic E-state index is 14.1. The van der Waals surface area contributed by atoms with Crippen molar-refractivity contribution in [1.29, 1.82) is 0 Å². The molecule has 4 aromatic rings. The van der Waals surface area contributed by atoms with Crippen LogP contribution in [0.25, 0.3) is 33.4 Å². The van der Waals surface area contributed by atoms with E-state index in [2.05, 4.69) is 32.3 Å². The van der Waals surface area contributed by atoms with E-state index in [4.69, 9.17) is 33.7 Å². The number of hydrogen-bond acceptors (Lipinski definition) is 15. The number of piperazine rings is 1. The van der Waals surface area contributed by atoms with Crippen LogP contribution in [0.2, 0.25) is 0 Å². The number of rotatable bonds is 15. The number of nitrogens with zero attached hydrogens (tertiary/aromatic N) is 6. The van der Waals surface area contributed by atoms with E-state index in [1.807, 2.05) is 32.2 Å². The van der Waals surface area contributed by atoms with Crippen LogP contribution in [0.15, 0.2) is 29.8 Å². The highest BCUT2D eigenvalue weighted by atomic mass is 32.1. The standard InChI is InChI=1S/C48H63F3N8O9S/c1-28(64-8)40-33(21-31(24-52-40)57-15-13-56(14-16-57)26-48(49,50)51)41-34(23-47(6,7)27-67-29(2)60)32-19-30(20-38-42(32)58(41)17-18-66-38)37-25-69-39(53-37)22-36(54-45(63)68-46(3,4)5)43(61)59-12-10-11-35(55-59)44(62)65-9/h19-21,24-25,28,35-36,55H,10-18,22-23,26-27H2,1-9H3,(H,54,63)/t28-,35-,36-/m0/s1. The van der Waals surface area contributed by atoms with Crippen LogP contribution >= 0.6 is 11.3 Å². The topological polar surface area (TPSA) is 179 Å². The predicted molar refractivity (Wildman–Crippen MR) is 253 cm³/mol. The molecule has 2 N–H and O–H groups in total. The van der Waals surface area contributed by atoms with Crippen LogP contribution in [0, 0.1) is 5.41 Å². The number of anilines is 1. The van der Waals surface area contributed by atoms with E-state index in [9.17, 15) is 32.3 Å². The van der Waals surface area contributed by atoms with E-state index in [1.165, 1.54) is 35.3 Å². The Balaban J connectivity index is 1.30. The van der Waals surface area contributed by atoms with E-state index in [1.54, 1.807) is 34.1 Å². The number of alkyl halides is 3. The van der Waals surface area contributed by atoms with Crippen molar-refractivity contribution in [1.82, 2.24) is 35.2 Å². The molecular weight excluding hydrogens is 922 g/mol. The molecule has 2 amide bonds. The van der Waals surface area contributed by atoms with E-state index in [-0.39, 0.29) is 26.1 Å². The summed E-state index contributed by atoms with van der Waals surface area (Å²) in [5, 5.41) is 7.40. The normalized spacial score (nSPS) is 17.8. The Morgan fingerprint density at radius 1 is 1.01 bits per heavy atom. The molecule has 0 radical (unpaired) electrons. The number of ether oxygens (including phenoxy) is 5. The zero-order valence-electron chi connectivity index (χ0n) is 40.7. The second-order valence-corrected chi connectivity index (χ2v) is 20.5. The first-order valence-corrected chi connectivity index (χ1v) is 24.0. The van der Waals surface area contributed by atoms with Gasteiger partial charge in [-0.3, -0.25) is 29.3 Å². The molecule has 0 unspecified atom stereocenters. The molecule has 0 saturated carbocycles. The van der Waals surface area contributed by atoms with E-state index < -0.39 is 65.9 Å². The SMILES string of the molecule is COC(=O)[C@@H]1CCCN(C(=O)[C@H](Cc2nc(-c3cc4c5c(c3)c(CC(C)(C)COC(C)=O)c(-c3cc(N6CCN(CC(F)(F)F)CC6)cnc3[C@H](C)OC)n5CCO4)cs2)NC(=O)OC(C)(C)C)N1. The van der Waals surface area contributed by atoms with Crippen molar-refractivity contribution in [3.05, 3.63) is 46.0 Å². The van der Waals surface area contributed by atoms with Crippen LogP contribution in [-0.2, 0) is 52.7 Å². The fourth-order valence-electron chi connectivity index (χ4n) is 9.05. The van der Waals surface area contributed by atoms with Gasteiger partial charge in [0.05, 0.1) is 72.4 Å². The number of carbonyl (C=O) groups excluding carboxylic acids is 4. The van der Waals surface area contributed by atoms with Gasteiger partial charge in [-0.05, 0) is 70.7 Å². The van der Waals surface area contributed by atoms with Gasteiger partial charge in [-0.25, -0.2) is 15.2 Å². The van der Waals surface area contributed by atoms with Gasteiger partial charge in [0.25, 0.3) is 5.91 Å². The summed E-state index contributed by atoms with van der Waals surface area (Å²) in [5.41, 5.74) is 7.82. The first kappa shape index (κ1) is 51.3. The number of benzene rings is 1. The highest BCUT2D eigenvalue weighted by Crippen LogP contribution is 2.47. The Hall–Kier alpha value is -5.51. The number of alkyl carbamates (subject to hydrolysis) is 1. The van der Waals surface area contributed by atoms with Gasteiger partial charge in [0, 0.05) is 80.5 Å². The Labute approximate surface area is 403 Å². The lowest BCUT2D eigenvalue weighted by atomic mass is 9.84. The Morgan fingerprint density at radius 2 is 1.75 bits per heavy atom. The number of esters is 2. The lowest BCUT2D eigenvalue weighted by Gasteiger charge is -2.36. The number of methoxy groups -OCH3 is 2. The average Bonchev–Trinajstić information content (AvgIpc) is 3.89. The highest BCUT2D eigenvalue weighted by molar-refractivity contribution is 7.10. The number of nitrogens with one attached hydrogen (secondary N) is 2. The lowest BCUT2D eigenvalue weighted by Crippen LogP contribution is -2.60. The smallest absolute Gasteiger partial charge is 0.408 e. The zero-order valence-corrected chi connectivity index (χ0v) is 41.5. The molecule has 3 aliphatic rings. The zero-order chi connectivity index (χ0) is 50.0. The van der Waals surface area contributed by atoms with Crippen molar-refractivity contribution in [3.63, 3.8) is 0 Å². The van der Waals surface area contributed by atoms with Crippen molar-refractivity contribution >= 4 is 51.9 Å². The van der Waals surface area contributed by atoms with E-state index in [0.717, 1.165) is 39.0 Å². The predicted octanol–water partition coefficient (Wildman–Crippen LogP) is 6.85. The quantitative estimate of drug-likeness (QED) is 0.0934. The Morgan fingerprint density at radius 3 is 2.42 bits per heavy atom. The van der Waals surface area contributed by atoms with Gasteiger partial charge in [0.1, 0.15) is 30.0 Å². The Bertz CT molecular complexity index is 2530. The number of aromatic nitrogens is 3. The minimum absolute atomic E-state index is 0.0205. The van der Waals surface area contributed by atoms with Gasteiger partial charge in [0.15, 0.2) is 0 Å². The van der Waals surface area contributed by atoms with Gasteiger partial charge in [-0.1, -0.05) is 13.8 Å². The van der Waals surface area contributed by atoms with Gasteiger partial charge in [0.2, 0.25) is 0 Å². The fourth-order valence-corrected chi connectivity index (χ4v) is 9.90. The molecule has 3 atom stereocenters. The molecule has 376 valence electrons. The van der Waals surface area contributed by atoms with Crippen molar-refractivity contribution in [2.45, 2.75) is 111 Å². The number of hydrazine groups is 1. The molecule has 69 heavy (non-hydrogen) atoms. The maximum atomic E-state index is 14.1. The molecular formula is C48H63F3N8O9S. The van der Waals surface area contributed by atoms with Crippen LogP contribution in [0.4, 0.5) is 23.7 Å². The van der Waals surface area contributed by atoms with Gasteiger partial charge >= 0.3 is 24.2 Å². The summed E-state index contributed by atoms with van der Waals surface area (Å²) in [6.07, 6.45) is -2.25. The van der Waals surface area contributed by atoms with E-state index in [0.29, 0.717) is 74.2 Å². The van der Waals surface area contributed by atoms with Crippen molar-refractivity contribution in [2.75, 3.05) is 71.6 Å². The molecule has 3 aromatic heterocycles. The molecule has 7 rings (SSSR count). The molecule has 2 fully saturated rings. The summed E-state index contributed by atoms with van der Waals surface area (Å²) < 4.78 is 70.5. The van der Waals surface area contributed by atoms with Crippen molar-refractivity contribution in [3.8, 4) is 28.3 Å². The van der Waals surface area contributed by atoms with Gasteiger partial charge in [-0.2, -0.15) is 13.2 Å². The van der Waals surface area contributed by atoms with Crippen molar-refractivity contribution < 1.29 is 56.0 Å². The average molecular weight is 985 g/mol. The summed E-state index contributed by atoms with van der Waals surface area (Å²) in [5.74, 6) is -0.741. The Kier molecular flexibility index (Phi) is 15.5. The number of halogens is 3. The summed E-state index contributed by atoms with van der Waals surface area (Å²) in [4.78, 5) is 65.3. The molecule has 0 bridgehead atoms. The number of pyridine rings is 1. The summed E-state index contributed by atoms with van der Waals surface area (Å²) in [7, 11) is 2.90. The number of thiazole rings is 1. The van der Waals surface area contributed by atoms with Gasteiger partial charge in [-0.15, -0.1) is 11.3 Å². The third kappa shape index (κ3) is 12.5. The van der Waals surface area contributed by atoms with Crippen LogP contribution in [-0.4, -0.2) is 139 Å². The number of hydrogen-bond donors (Lipinski definition) is 2. The van der Waals surface area contributed by atoms with Crippen molar-refractivity contribution in [2.24, 2.45) is 5.41 Å². The third-order valence-electron chi connectivity index (χ3n) is 12.3. The molecule has 2 saturated heterocycles. The summed E-state index contributed by atoms with van der Waals surface area (Å²) >= 11 is 1.32. The summed E-state index contributed by atoms with van der Waals surface area (Å²) in [6, 6.07) is 4.23. The first-order valence-electron chi connectivity index (χ1n) is 23.1. The molecule has 3 aliphatic heterocycles. The van der Waals surface area contributed by atoms with Crippen LogP contribution in [0.3, 0.4) is 0 Å². The molecule has 0 spiro atoms. The highest BCUT2D eigenvalue weighted by Gasteiger charge is 2.37. The number of amides is 2. The first-order chi connectivity index (χ1) is 32.5. The minimum atomic E-state index is -4.29. The second-order valence-electron chi connectivity index (χ2n) is 19.6. The fraction of sp³-hybridized carbons (Fsp3) is 0.583.